The zero-order valence-electron chi connectivity index (χ0n) is 19.2. The number of benzene rings is 2. The van der Waals surface area contributed by atoms with Crippen molar-refractivity contribution >= 4 is 38.4 Å². The predicted octanol–water partition coefficient (Wildman–Crippen LogP) is 4.45. The van der Waals surface area contributed by atoms with E-state index in [1.54, 1.807) is 12.1 Å². The molecule has 176 valence electrons. The highest BCUT2D eigenvalue weighted by atomic mass is 32.1. The highest BCUT2D eigenvalue weighted by molar-refractivity contribution is 7.80. The number of piperidine rings is 1. The van der Waals surface area contributed by atoms with Gasteiger partial charge in [-0.1, -0.05) is 44.2 Å². The second-order valence-corrected chi connectivity index (χ2v) is 10.7. The number of thiocarbonyl (C=S) groups is 1. The Labute approximate surface area is 202 Å². The van der Waals surface area contributed by atoms with Crippen molar-refractivity contribution in [3.63, 3.8) is 0 Å². The van der Waals surface area contributed by atoms with E-state index < -0.39 is 5.41 Å². The lowest BCUT2D eigenvalue weighted by atomic mass is 9.71. The molecule has 0 saturated carbocycles. The first-order valence-electron chi connectivity index (χ1n) is 11.0. The number of amides is 2. The summed E-state index contributed by atoms with van der Waals surface area (Å²) in [6.07, 6.45) is 1.37. The summed E-state index contributed by atoms with van der Waals surface area (Å²) in [6.45, 7) is 6.88. The normalized spacial score (nSPS) is 16.6. The van der Waals surface area contributed by atoms with Crippen LogP contribution in [0.25, 0.3) is 0 Å². The van der Waals surface area contributed by atoms with Crippen molar-refractivity contribution in [1.82, 2.24) is 15.5 Å². The van der Waals surface area contributed by atoms with Gasteiger partial charge in [0.2, 0.25) is 5.91 Å². The molecule has 1 aliphatic heterocycles. The monoisotopic (exact) mass is 487 g/mol. The second-order valence-electron chi connectivity index (χ2n) is 9.14. The van der Waals surface area contributed by atoms with Crippen molar-refractivity contribution in [1.29, 1.82) is 0 Å². The Morgan fingerprint density at radius 3 is 2.24 bits per heavy atom. The van der Waals surface area contributed by atoms with Crippen molar-refractivity contribution in [2.24, 2.45) is 5.41 Å². The Bertz CT molecular complexity index is 1010. The van der Waals surface area contributed by atoms with Crippen LogP contribution in [0.1, 0.15) is 55.6 Å². The summed E-state index contributed by atoms with van der Waals surface area (Å²) in [5, 5.41) is 5.78. The maximum Gasteiger partial charge on any atom is 0.253 e. The number of hydrogen-bond acceptors (Lipinski definition) is 3. The van der Waals surface area contributed by atoms with Gasteiger partial charge in [-0.15, -0.1) is 9.24 Å². The zero-order chi connectivity index (χ0) is 24.2. The molecule has 1 saturated heterocycles. The van der Waals surface area contributed by atoms with Gasteiger partial charge in [0.1, 0.15) is 5.82 Å². The SMILES string of the molecule is C[C@H](NC(=S)NC(=O)C(C)(C)C1(P)CCN(C(=O)c2ccccc2)CC1)c1ccc(F)cc1. The van der Waals surface area contributed by atoms with Crippen LogP contribution in [0.5, 0.6) is 0 Å². The molecule has 1 heterocycles. The summed E-state index contributed by atoms with van der Waals surface area (Å²) in [6, 6.07) is 15.2. The fourth-order valence-electron chi connectivity index (χ4n) is 4.05. The molecule has 33 heavy (non-hydrogen) atoms. The van der Waals surface area contributed by atoms with Crippen molar-refractivity contribution < 1.29 is 14.0 Å². The molecule has 1 fully saturated rings. The van der Waals surface area contributed by atoms with Crippen LogP contribution in [0.2, 0.25) is 0 Å². The van der Waals surface area contributed by atoms with Crippen LogP contribution >= 0.6 is 21.5 Å². The number of rotatable bonds is 5. The summed E-state index contributed by atoms with van der Waals surface area (Å²) in [5.41, 5.74) is 0.812. The molecule has 0 radical (unpaired) electrons. The van der Waals surface area contributed by atoms with Crippen molar-refractivity contribution in [2.75, 3.05) is 13.1 Å². The van der Waals surface area contributed by atoms with Crippen LogP contribution in [0.15, 0.2) is 54.6 Å². The Hall–Kier alpha value is -2.37. The van der Waals surface area contributed by atoms with Gasteiger partial charge < -0.3 is 15.5 Å². The van der Waals surface area contributed by atoms with Crippen molar-refractivity contribution in [3.8, 4) is 0 Å². The molecule has 1 aliphatic rings. The minimum Gasteiger partial charge on any atom is -0.356 e. The van der Waals surface area contributed by atoms with Gasteiger partial charge in [-0.25, -0.2) is 4.39 Å². The van der Waals surface area contributed by atoms with E-state index in [2.05, 4.69) is 19.9 Å². The third-order valence-electron chi connectivity index (χ3n) is 6.72. The molecular weight excluding hydrogens is 456 g/mol. The van der Waals surface area contributed by atoms with Crippen LogP contribution in [0.4, 0.5) is 4.39 Å². The molecule has 0 aliphatic carbocycles. The number of halogens is 1. The highest BCUT2D eigenvalue weighted by Crippen LogP contribution is 2.46. The van der Waals surface area contributed by atoms with Crippen LogP contribution in [0, 0.1) is 11.2 Å². The first-order chi connectivity index (χ1) is 15.5. The number of carbonyl (C=O) groups excluding carboxylic acids is 2. The topological polar surface area (TPSA) is 61.4 Å². The molecule has 2 aromatic rings. The van der Waals surface area contributed by atoms with E-state index in [0.717, 1.165) is 5.56 Å². The molecule has 2 atom stereocenters. The van der Waals surface area contributed by atoms with Gasteiger partial charge in [0.15, 0.2) is 5.11 Å². The van der Waals surface area contributed by atoms with Crippen molar-refractivity contribution in [2.45, 2.75) is 44.8 Å². The fraction of sp³-hybridized carbons (Fsp3) is 0.400. The number of hydrogen-bond donors (Lipinski definition) is 2. The van der Waals surface area contributed by atoms with Crippen LogP contribution in [-0.2, 0) is 4.79 Å². The minimum absolute atomic E-state index is 0.0186. The second kappa shape index (κ2) is 10.3. The largest absolute Gasteiger partial charge is 0.356 e. The average molecular weight is 488 g/mol. The Morgan fingerprint density at radius 2 is 1.67 bits per heavy atom. The first kappa shape index (κ1) is 25.3. The lowest BCUT2D eigenvalue weighted by Crippen LogP contribution is -2.57. The minimum atomic E-state index is -0.732. The molecule has 2 aromatic carbocycles. The smallest absolute Gasteiger partial charge is 0.253 e. The predicted molar refractivity (Wildman–Crippen MR) is 136 cm³/mol. The summed E-state index contributed by atoms with van der Waals surface area (Å²) >= 11 is 5.37. The van der Waals surface area contributed by atoms with Gasteiger partial charge in [0.05, 0.1) is 11.5 Å². The molecule has 8 heteroatoms. The van der Waals surface area contributed by atoms with Gasteiger partial charge in [-0.3, -0.25) is 9.59 Å². The summed E-state index contributed by atoms with van der Waals surface area (Å²) < 4.78 is 13.2. The van der Waals surface area contributed by atoms with E-state index in [4.69, 9.17) is 12.2 Å². The molecule has 2 amide bonds. The zero-order valence-corrected chi connectivity index (χ0v) is 21.2. The average Bonchev–Trinajstić information content (AvgIpc) is 2.79. The van der Waals surface area contributed by atoms with Crippen LogP contribution in [0.3, 0.4) is 0 Å². The van der Waals surface area contributed by atoms with E-state index in [1.807, 2.05) is 56.0 Å². The summed E-state index contributed by atoms with van der Waals surface area (Å²) in [4.78, 5) is 27.8. The highest BCUT2D eigenvalue weighted by Gasteiger charge is 2.48. The van der Waals surface area contributed by atoms with E-state index in [-0.39, 0.29) is 33.9 Å². The lowest BCUT2D eigenvalue weighted by molar-refractivity contribution is -0.130. The van der Waals surface area contributed by atoms with Crippen molar-refractivity contribution in [3.05, 3.63) is 71.5 Å². The van der Waals surface area contributed by atoms with E-state index in [1.165, 1.54) is 12.1 Å². The third-order valence-corrected chi connectivity index (χ3v) is 8.24. The maximum absolute atomic E-state index is 13.2. The molecule has 2 N–H and O–H groups in total. The third kappa shape index (κ3) is 5.77. The van der Waals surface area contributed by atoms with E-state index in [9.17, 15) is 14.0 Å². The lowest BCUT2D eigenvalue weighted by Gasteiger charge is -2.48. The molecular formula is C25H31FN3O2PS. The van der Waals surface area contributed by atoms with Gasteiger partial charge >= 0.3 is 0 Å². The fourth-order valence-corrected chi connectivity index (χ4v) is 4.71. The van der Waals surface area contributed by atoms with Crippen LogP contribution in [-0.4, -0.2) is 40.1 Å². The quantitative estimate of drug-likeness (QED) is 0.483. The van der Waals surface area contributed by atoms with Gasteiger partial charge in [0, 0.05) is 23.8 Å². The molecule has 3 rings (SSSR count). The number of carbonyl (C=O) groups is 2. The van der Waals surface area contributed by atoms with E-state index in [0.29, 0.717) is 31.5 Å². The van der Waals surface area contributed by atoms with Gasteiger partial charge in [-0.2, -0.15) is 0 Å². The number of nitrogens with zero attached hydrogens (tertiary/aromatic N) is 1. The Kier molecular flexibility index (Phi) is 7.86. The molecule has 1 unspecified atom stereocenters. The first-order valence-corrected chi connectivity index (χ1v) is 12.0. The maximum atomic E-state index is 13.2. The summed E-state index contributed by atoms with van der Waals surface area (Å²) in [7, 11) is 2.88. The van der Waals surface area contributed by atoms with Crippen LogP contribution < -0.4 is 10.6 Å². The Balaban J connectivity index is 1.58. The van der Waals surface area contributed by atoms with E-state index >= 15 is 0 Å². The Morgan fingerprint density at radius 1 is 1.09 bits per heavy atom. The molecule has 0 spiro atoms. The van der Waals surface area contributed by atoms with Gasteiger partial charge in [0.25, 0.3) is 5.91 Å². The van der Waals surface area contributed by atoms with Gasteiger partial charge in [-0.05, 0) is 61.8 Å². The molecule has 0 bridgehead atoms. The molecule has 5 nitrogen and oxygen atoms in total. The number of nitrogens with one attached hydrogen (secondary N) is 2. The molecule has 0 aromatic heterocycles. The standard InChI is InChI=1S/C25H31FN3O2PS/c1-17(18-9-11-20(26)12-10-18)27-23(33)28-22(31)24(2,3)25(32)13-15-29(16-14-25)21(30)19-7-5-4-6-8-19/h4-12,17H,13-16,32H2,1-3H3,(H2,27,28,31,33)/t17-/m0/s1. The summed E-state index contributed by atoms with van der Waals surface area (Å²) in [5.74, 6) is -0.458. The number of likely N-dealkylation sites (tertiary alicyclic amines) is 1.